The van der Waals surface area contributed by atoms with Crippen molar-refractivity contribution in [3.05, 3.63) is 0 Å². The normalized spacial score (nSPS) is 13.1. The highest BCUT2D eigenvalue weighted by Crippen LogP contribution is 2.12. The smallest absolute Gasteiger partial charge is 0.410 e. The molecule has 0 fully saturated rings. The molecule has 0 aromatic rings. The summed E-state index contributed by atoms with van der Waals surface area (Å²) >= 11 is 0. The van der Waals surface area contributed by atoms with Crippen LogP contribution < -0.4 is 5.73 Å². The van der Waals surface area contributed by atoms with Crippen LogP contribution in [0.4, 0.5) is 4.79 Å². The number of carbonyl (C=O) groups excluding carboxylic acids is 2. The Morgan fingerprint density at radius 1 is 1.28 bits per heavy atom. The molecule has 0 aromatic heterocycles. The van der Waals surface area contributed by atoms with Crippen molar-refractivity contribution in [2.75, 3.05) is 13.7 Å². The van der Waals surface area contributed by atoms with Crippen molar-refractivity contribution in [3.63, 3.8) is 0 Å². The molecule has 1 unspecified atom stereocenters. The molecule has 0 aliphatic heterocycles. The van der Waals surface area contributed by atoms with Gasteiger partial charge in [0, 0.05) is 6.04 Å². The largest absolute Gasteiger partial charge is 0.468 e. The lowest BCUT2D eigenvalue weighted by Gasteiger charge is -2.31. The van der Waals surface area contributed by atoms with Crippen LogP contribution in [0.2, 0.25) is 0 Å². The Kier molecular flexibility index (Phi) is 6.11. The standard InChI is InChI=1S/C12H24N2O4/c1-8(2)14(7-9(13)10(15)17-6)11(16)18-12(3,4)5/h8-9H,7,13H2,1-6H3. The number of hydrogen-bond acceptors (Lipinski definition) is 5. The van der Waals surface area contributed by atoms with Crippen molar-refractivity contribution in [1.29, 1.82) is 0 Å². The number of rotatable bonds is 4. The quantitative estimate of drug-likeness (QED) is 0.766. The van der Waals surface area contributed by atoms with Crippen molar-refractivity contribution >= 4 is 12.1 Å². The second-order valence-electron chi connectivity index (χ2n) is 5.36. The average molecular weight is 260 g/mol. The number of esters is 1. The molecule has 0 radical (unpaired) electrons. The van der Waals surface area contributed by atoms with Gasteiger partial charge in [0.25, 0.3) is 0 Å². The van der Waals surface area contributed by atoms with Crippen LogP contribution in [0.25, 0.3) is 0 Å². The lowest BCUT2D eigenvalue weighted by Crippen LogP contribution is -2.49. The van der Waals surface area contributed by atoms with Gasteiger partial charge in [-0.05, 0) is 34.6 Å². The number of carbonyl (C=O) groups is 2. The molecule has 18 heavy (non-hydrogen) atoms. The lowest BCUT2D eigenvalue weighted by atomic mass is 10.2. The maximum absolute atomic E-state index is 11.9. The van der Waals surface area contributed by atoms with Gasteiger partial charge in [0.05, 0.1) is 13.7 Å². The van der Waals surface area contributed by atoms with Gasteiger partial charge in [-0.1, -0.05) is 0 Å². The third-order valence-corrected chi connectivity index (χ3v) is 2.15. The van der Waals surface area contributed by atoms with Gasteiger partial charge in [-0.3, -0.25) is 4.79 Å². The van der Waals surface area contributed by atoms with Gasteiger partial charge in [0.1, 0.15) is 11.6 Å². The molecule has 1 amide bonds. The van der Waals surface area contributed by atoms with E-state index in [2.05, 4.69) is 4.74 Å². The first-order valence-electron chi connectivity index (χ1n) is 5.91. The van der Waals surface area contributed by atoms with Crippen molar-refractivity contribution in [1.82, 2.24) is 4.90 Å². The first kappa shape index (κ1) is 16.7. The zero-order chi connectivity index (χ0) is 14.5. The Bertz CT molecular complexity index is 297. The van der Waals surface area contributed by atoms with Crippen molar-refractivity contribution in [2.45, 2.75) is 52.3 Å². The molecule has 106 valence electrons. The summed E-state index contributed by atoms with van der Waals surface area (Å²) in [6.07, 6.45) is -0.489. The summed E-state index contributed by atoms with van der Waals surface area (Å²) in [6.45, 7) is 9.07. The second-order valence-corrected chi connectivity index (χ2v) is 5.36. The molecule has 6 heteroatoms. The fraction of sp³-hybridized carbons (Fsp3) is 0.833. The van der Waals surface area contributed by atoms with Crippen molar-refractivity contribution in [2.24, 2.45) is 5.73 Å². The highest BCUT2D eigenvalue weighted by atomic mass is 16.6. The van der Waals surface area contributed by atoms with Crippen LogP contribution in [0.15, 0.2) is 0 Å². The molecule has 0 rings (SSSR count). The summed E-state index contributed by atoms with van der Waals surface area (Å²) < 4.78 is 9.79. The molecule has 0 aromatic carbocycles. The van der Waals surface area contributed by atoms with E-state index in [0.717, 1.165) is 0 Å². The van der Waals surface area contributed by atoms with E-state index in [-0.39, 0.29) is 12.6 Å². The van der Waals surface area contributed by atoms with Gasteiger partial charge < -0.3 is 20.1 Å². The van der Waals surface area contributed by atoms with E-state index in [1.54, 1.807) is 20.8 Å². The fourth-order valence-corrected chi connectivity index (χ4v) is 1.25. The number of methoxy groups -OCH3 is 1. The Morgan fingerprint density at radius 2 is 1.78 bits per heavy atom. The zero-order valence-corrected chi connectivity index (χ0v) is 12.0. The molecule has 1 atom stereocenters. The van der Waals surface area contributed by atoms with Gasteiger partial charge in [0.15, 0.2) is 0 Å². The van der Waals surface area contributed by atoms with E-state index >= 15 is 0 Å². The first-order chi connectivity index (χ1) is 8.08. The maximum atomic E-state index is 11.9. The molecular formula is C12H24N2O4. The Labute approximate surface area is 108 Å². The number of nitrogens with two attached hydrogens (primary N) is 1. The highest BCUT2D eigenvalue weighted by molar-refractivity contribution is 5.77. The highest BCUT2D eigenvalue weighted by Gasteiger charge is 2.27. The SMILES string of the molecule is COC(=O)C(N)CN(C(=O)OC(C)(C)C)C(C)C. The third kappa shape index (κ3) is 5.86. The average Bonchev–Trinajstić information content (AvgIpc) is 2.21. The predicted molar refractivity (Wildman–Crippen MR) is 68.1 cm³/mol. The third-order valence-electron chi connectivity index (χ3n) is 2.15. The van der Waals surface area contributed by atoms with Gasteiger partial charge in [-0.25, -0.2) is 4.79 Å². The fourth-order valence-electron chi connectivity index (χ4n) is 1.25. The summed E-state index contributed by atoms with van der Waals surface area (Å²) in [7, 11) is 1.26. The minimum atomic E-state index is -0.870. The Morgan fingerprint density at radius 3 is 2.11 bits per heavy atom. The molecule has 0 spiro atoms. The summed E-state index contributed by atoms with van der Waals surface area (Å²) in [5.41, 5.74) is 5.06. The van der Waals surface area contributed by atoms with Gasteiger partial charge in [-0.2, -0.15) is 0 Å². The van der Waals surface area contributed by atoms with E-state index in [1.807, 2.05) is 13.8 Å². The number of nitrogens with zero attached hydrogens (tertiary/aromatic N) is 1. The molecule has 0 aliphatic carbocycles. The van der Waals surface area contributed by atoms with Gasteiger partial charge in [0.2, 0.25) is 0 Å². The summed E-state index contributed by atoms with van der Waals surface area (Å²) in [5, 5.41) is 0. The van der Waals surface area contributed by atoms with Crippen molar-refractivity contribution < 1.29 is 19.1 Å². The summed E-state index contributed by atoms with van der Waals surface area (Å²) in [4.78, 5) is 24.6. The number of hydrogen-bond donors (Lipinski definition) is 1. The molecule has 0 heterocycles. The summed E-state index contributed by atoms with van der Waals surface area (Å²) in [5.74, 6) is -0.552. The monoisotopic (exact) mass is 260 g/mol. The van der Waals surface area contributed by atoms with E-state index < -0.39 is 23.7 Å². The first-order valence-corrected chi connectivity index (χ1v) is 5.91. The van der Waals surface area contributed by atoms with Crippen LogP contribution >= 0.6 is 0 Å². The van der Waals surface area contributed by atoms with Crippen LogP contribution in [0.5, 0.6) is 0 Å². The second kappa shape index (κ2) is 6.58. The minimum absolute atomic E-state index is 0.0687. The molecule has 6 nitrogen and oxygen atoms in total. The van der Waals surface area contributed by atoms with Crippen LogP contribution in [0, 0.1) is 0 Å². The van der Waals surface area contributed by atoms with Crippen molar-refractivity contribution in [3.8, 4) is 0 Å². The molecule has 0 saturated heterocycles. The molecule has 0 saturated carbocycles. The zero-order valence-electron chi connectivity index (χ0n) is 12.0. The minimum Gasteiger partial charge on any atom is -0.468 e. The Balaban J connectivity index is 4.67. The number of amides is 1. The van der Waals surface area contributed by atoms with E-state index in [1.165, 1.54) is 12.0 Å². The Hall–Kier alpha value is -1.30. The number of ether oxygens (including phenoxy) is 2. The molecule has 0 aliphatic rings. The summed E-state index contributed by atoms with van der Waals surface area (Å²) in [6, 6.07) is -0.986. The maximum Gasteiger partial charge on any atom is 0.410 e. The topological polar surface area (TPSA) is 81.9 Å². The van der Waals surface area contributed by atoms with E-state index in [0.29, 0.717) is 0 Å². The van der Waals surface area contributed by atoms with Crippen LogP contribution in [-0.2, 0) is 14.3 Å². The van der Waals surface area contributed by atoms with E-state index in [9.17, 15) is 9.59 Å². The molecule has 0 bridgehead atoms. The van der Waals surface area contributed by atoms with Crippen LogP contribution in [0.3, 0.4) is 0 Å². The van der Waals surface area contributed by atoms with Crippen LogP contribution in [-0.4, -0.2) is 48.3 Å². The lowest BCUT2D eigenvalue weighted by molar-refractivity contribution is -0.142. The molecule has 2 N–H and O–H groups in total. The van der Waals surface area contributed by atoms with E-state index in [4.69, 9.17) is 10.5 Å². The van der Waals surface area contributed by atoms with Crippen LogP contribution in [0.1, 0.15) is 34.6 Å². The van der Waals surface area contributed by atoms with Gasteiger partial charge >= 0.3 is 12.1 Å². The predicted octanol–water partition coefficient (Wildman–Crippen LogP) is 1.13. The van der Waals surface area contributed by atoms with Gasteiger partial charge in [-0.15, -0.1) is 0 Å². The molecular weight excluding hydrogens is 236 g/mol.